The van der Waals surface area contributed by atoms with Gasteiger partial charge in [-0.05, 0) is 42.0 Å². The topological polar surface area (TPSA) is 51.5 Å². The molecular formula is C17H15NO3. The maximum absolute atomic E-state index is 11.0. The Morgan fingerprint density at radius 3 is 2.57 bits per heavy atom. The Kier molecular flexibility index (Phi) is 3.36. The lowest BCUT2D eigenvalue weighted by Gasteiger charge is -2.07. The minimum atomic E-state index is -0.903. The molecule has 4 nitrogen and oxygen atoms in total. The number of aromatic nitrogens is 1. The molecule has 0 amide bonds. The van der Waals surface area contributed by atoms with Gasteiger partial charge < -0.3 is 14.4 Å². The number of hydrogen-bond acceptors (Lipinski definition) is 2. The van der Waals surface area contributed by atoms with Crippen molar-refractivity contribution in [1.82, 2.24) is 4.57 Å². The lowest BCUT2D eigenvalue weighted by atomic mass is 10.1. The minimum Gasteiger partial charge on any atom is -0.497 e. The number of carboxylic acids is 1. The molecule has 0 aliphatic rings. The highest BCUT2D eigenvalue weighted by atomic mass is 16.5. The van der Waals surface area contributed by atoms with Crippen molar-refractivity contribution < 1.29 is 14.6 Å². The number of carboxylic acid groups (broad SMARTS) is 1. The molecule has 1 heterocycles. The van der Waals surface area contributed by atoms with E-state index in [0.29, 0.717) is 5.56 Å². The van der Waals surface area contributed by atoms with E-state index < -0.39 is 5.97 Å². The zero-order valence-corrected chi connectivity index (χ0v) is 11.6. The molecule has 106 valence electrons. The smallest absolute Gasteiger partial charge is 0.335 e. The minimum absolute atomic E-state index is 0.310. The van der Waals surface area contributed by atoms with Gasteiger partial charge in [-0.1, -0.05) is 12.1 Å². The molecule has 0 radical (unpaired) electrons. The fourth-order valence-corrected chi connectivity index (χ4v) is 2.40. The van der Waals surface area contributed by atoms with Gasteiger partial charge in [-0.25, -0.2) is 4.79 Å². The highest BCUT2D eigenvalue weighted by Gasteiger charge is 2.07. The summed E-state index contributed by atoms with van der Waals surface area (Å²) in [6.45, 7) is 0.736. The molecule has 1 N–H and O–H groups in total. The fraction of sp³-hybridized carbons (Fsp3) is 0.118. The molecule has 2 aromatic carbocycles. The van der Waals surface area contributed by atoms with Crippen molar-refractivity contribution in [3.8, 4) is 5.75 Å². The Morgan fingerprint density at radius 2 is 1.90 bits per heavy atom. The summed E-state index contributed by atoms with van der Waals surface area (Å²) in [6, 6.07) is 15.0. The van der Waals surface area contributed by atoms with Crippen molar-refractivity contribution in [3.05, 3.63) is 65.9 Å². The molecule has 0 bridgehead atoms. The molecule has 1 aromatic heterocycles. The van der Waals surface area contributed by atoms with E-state index >= 15 is 0 Å². The second-order valence-corrected chi connectivity index (χ2v) is 4.87. The van der Waals surface area contributed by atoms with Gasteiger partial charge in [0.05, 0.1) is 12.7 Å². The number of methoxy groups -OCH3 is 1. The Morgan fingerprint density at radius 1 is 1.14 bits per heavy atom. The van der Waals surface area contributed by atoms with Crippen molar-refractivity contribution in [2.45, 2.75) is 6.54 Å². The molecule has 0 saturated carbocycles. The second-order valence-electron chi connectivity index (χ2n) is 4.87. The van der Waals surface area contributed by atoms with Gasteiger partial charge >= 0.3 is 5.97 Å². The number of ether oxygens (including phenoxy) is 1. The first-order valence-electron chi connectivity index (χ1n) is 6.62. The summed E-state index contributed by atoms with van der Waals surface area (Å²) in [6.07, 6.45) is 1.97. The molecule has 3 rings (SSSR count). The normalized spacial score (nSPS) is 10.7. The van der Waals surface area contributed by atoms with Crippen LogP contribution in [-0.4, -0.2) is 22.8 Å². The van der Waals surface area contributed by atoms with E-state index in [2.05, 4.69) is 4.57 Å². The first kappa shape index (κ1) is 13.2. The van der Waals surface area contributed by atoms with Crippen LogP contribution in [0, 0.1) is 0 Å². The Labute approximate surface area is 122 Å². The molecule has 0 aliphatic carbocycles. The molecule has 0 aliphatic heterocycles. The van der Waals surface area contributed by atoms with Gasteiger partial charge in [-0.3, -0.25) is 0 Å². The summed E-state index contributed by atoms with van der Waals surface area (Å²) in [5.41, 5.74) is 2.50. The van der Waals surface area contributed by atoms with E-state index in [1.165, 1.54) is 0 Å². The molecule has 4 heteroatoms. The van der Waals surface area contributed by atoms with Crippen LogP contribution in [0.3, 0.4) is 0 Å². The summed E-state index contributed by atoms with van der Waals surface area (Å²) in [7, 11) is 1.65. The van der Waals surface area contributed by atoms with E-state index in [9.17, 15) is 4.79 Å². The van der Waals surface area contributed by atoms with Crippen LogP contribution in [0.15, 0.2) is 54.7 Å². The highest BCUT2D eigenvalue weighted by Crippen LogP contribution is 2.20. The van der Waals surface area contributed by atoms with Crippen LogP contribution >= 0.6 is 0 Å². The number of fused-ring (bicyclic) bond motifs is 1. The summed E-state index contributed by atoms with van der Waals surface area (Å²) in [5, 5.41) is 9.95. The van der Waals surface area contributed by atoms with Gasteiger partial charge in [0, 0.05) is 23.6 Å². The van der Waals surface area contributed by atoms with Crippen molar-refractivity contribution >= 4 is 16.9 Å². The molecule has 0 fully saturated rings. The van der Waals surface area contributed by atoms with E-state index in [1.54, 1.807) is 19.2 Å². The lowest BCUT2D eigenvalue weighted by molar-refractivity contribution is 0.0697. The fourth-order valence-electron chi connectivity index (χ4n) is 2.40. The quantitative estimate of drug-likeness (QED) is 0.797. The zero-order valence-electron chi connectivity index (χ0n) is 11.6. The monoisotopic (exact) mass is 281 g/mol. The maximum Gasteiger partial charge on any atom is 0.335 e. The van der Waals surface area contributed by atoms with Crippen LogP contribution < -0.4 is 4.74 Å². The Bertz CT molecular complexity index is 787. The van der Waals surface area contributed by atoms with Crippen molar-refractivity contribution in [3.63, 3.8) is 0 Å². The van der Waals surface area contributed by atoms with Gasteiger partial charge in [-0.15, -0.1) is 0 Å². The van der Waals surface area contributed by atoms with Gasteiger partial charge in [0.1, 0.15) is 5.75 Å². The Balaban J connectivity index is 1.91. The van der Waals surface area contributed by atoms with E-state index in [4.69, 9.17) is 9.84 Å². The highest BCUT2D eigenvalue weighted by molar-refractivity contribution is 5.93. The molecule has 3 aromatic rings. The van der Waals surface area contributed by atoms with Crippen LogP contribution in [0.25, 0.3) is 10.9 Å². The van der Waals surface area contributed by atoms with Crippen LogP contribution in [-0.2, 0) is 6.54 Å². The van der Waals surface area contributed by atoms with Gasteiger partial charge in [0.2, 0.25) is 0 Å². The SMILES string of the molecule is COc1ccc(Cn2ccc3cc(C(=O)O)ccc32)cc1. The maximum atomic E-state index is 11.0. The zero-order chi connectivity index (χ0) is 14.8. The van der Waals surface area contributed by atoms with Gasteiger partial charge in [-0.2, -0.15) is 0 Å². The number of rotatable bonds is 4. The second kappa shape index (κ2) is 5.32. The van der Waals surface area contributed by atoms with Crippen LogP contribution in [0.2, 0.25) is 0 Å². The summed E-state index contributed by atoms with van der Waals surface area (Å²) < 4.78 is 7.25. The Hall–Kier alpha value is -2.75. The standard InChI is InChI=1S/C17H15NO3/c1-21-15-5-2-12(3-6-15)11-18-9-8-13-10-14(17(19)20)4-7-16(13)18/h2-10H,11H2,1H3,(H,19,20). The van der Waals surface area contributed by atoms with Crippen LogP contribution in [0.5, 0.6) is 5.75 Å². The van der Waals surface area contributed by atoms with Crippen LogP contribution in [0.4, 0.5) is 0 Å². The average molecular weight is 281 g/mol. The van der Waals surface area contributed by atoms with Crippen molar-refractivity contribution in [2.24, 2.45) is 0 Å². The van der Waals surface area contributed by atoms with Crippen LogP contribution in [0.1, 0.15) is 15.9 Å². The first-order valence-corrected chi connectivity index (χ1v) is 6.62. The molecular weight excluding hydrogens is 266 g/mol. The third kappa shape index (κ3) is 2.60. The lowest BCUT2D eigenvalue weighted by Crippen LogP contribution is -1.99. The molecule has 0 atom stereocenters. The third-order valence-electron chi connectivity index (χ3n) is 3.53. The molecule has 0 saturated heterocycles. The van der Waals surface area contributed by atoms with E-state index in [-0.39, 0.29) is 0 Å². The van der Waals surface area contributed by atoms with E-state index in [0.717, 1.165) is 28.8 Å². The predicted molar refractivity (Wildman–Crippen MR) is 81.0 cm³/mol. The number of aromatic carboxylic acids is 1. The third-order valence-corrected chi connectivity index (χ3v) is 3.53. The number of nitrogens with zero attached hydrogens (tertiary/aromatic N) is 1. The number of carbonyl (C=O) groups is 1. The molecule has 21 heavy (non-hydrogen) atoms. The summed E-state index contributed by atoms with van der Waals surface area (Å²) >= 11 is 0. The number of benzene rings is 2. The first-order chi connectivity index (χ1) is 10.2. The predicted octanol–water partition coefficient (Wildman–Crippen LogP) is 3.40. The van der Waals surface area contributed by atoms with Gasteiger partial charge in [0.15, 0.2) is 0 Å². The molecule has 0 spiro atoms. The molecule has 0 unspecified atom stereocenters. The summed E-state index contributed by atoms with van der Waals surface area (Å²) in [4.78, 5) is 11.0. The summed E-state index contributed by atoms with van der Waals surface area (Å²) in [5.74, 6) is -0.0676. The largest absolute Gasteiger partial charge is 0.497 e. The number of hydrogen-bond donors (Lipinski definition) is 1. The van der Waals surface area contributed by atoms with E-state index in [1.807, 2.05) is 42.6 Å². The average Bonchev–Trinajstić information content (AvgIpc) is 2.90. The van der Waals surface area contributed by atoms with Crippen molar-refractivity contribution in [2.75, 3.05) is 7.11 Å². The van der Waals surface area contributed by atoms with Crippen molar-refractivity contribution in [1.29, 1.82) is 0 Å². The van der Waals surface area contributed by atoms with Gasteiger partial charge in [0.25, 0.3) is 0 Å².